The number of benzene rings is 1. The molecule has 0 radical (unpaired) electrons. The van der Waals surface area contributed by atoms with E-state index in [0.717, 1.165) is 43.0 Å². The molecule has 0 heterocycles. The van der Waals surface area contributed by atoms with Gasteiger partial charge in [0.25, 0.3) is 0 Å². The van der Waals surface area contributed by atoms with E-state index < -0.39 is 0 Å². The van der Waals surface area contributed by atoms with E-state index in [2.05, 4.69) is 13.8 Å². The fraction of sp³-hybridized carbons (Fsp3) is 0.579. The maximum Gasteiger partial charge on any atom is 0.150 e. The van der Waals surface area contributed by atoms with Crippen molar-refractivity contribution in [2.75, 3.05) is 0 Å². The fourth-order valence-electron chi connectivity index (χ4n) is 3.82. The molecule has 3 nitrogen and oxygen atoms in total. The highest BCUT2D eigenvalue weighted by molar-refractivity contribution is 5.79. The van der Waals surface area contributed by atoms with Crippen LogP contribution in [0.15, 0.2) is 12.1 Å². The zero-order valence-electron chi connectivity index (χ0n) is 13.9. The summed E-state index contributed by atoms with van der Waals surface area (Å²) in [5, 5.41) is 10.3. The Morgan fingerprint density at radius 3 is 2.50 bits per heavy atom. The minimum absolute atomic E-state index is 0.00793. The minimum Gasteiger partial charge on any atom is -0.508 e. The summed E-state index contributed by atoms with van der Waals surface area (Å²) < 4.78 is 0. The number of hydrogen-bond acceptors (Lipinski definition) is 3. The van der Waals surface area contributed by atoms with Crippen LogP contribution in [0, 0.1) is 11.3 Å². The third-order valence-corrected chi connectivity index (χ3v) is 5.20. The van der Waals surface area contributed by atoms with Gasteiger partial charge < -0.3 is 9.90 Å². The summed E-state index contributed by atoms with van der Waals surface area (Å²) in [6, 6.07) is 3.49. The molecule has 3 heteroatoms. The number of phenols is 1. The van der Waals surface area contributed by atoms with Crippen LogP contribution in [0.2, 0.25) is 0 Å². The first-order chi connectivity index (χ1) is 10.3. The highest BCUT2D eigenvalue weighted by Crippen LogP contribution is 2.48. The van der Waals surface area contributed by atoms with Gasteiger partial charge in [-0.15, -0.1) is 0 Å². The van der Waals surface area contributed by atoms with Crippen LogP contribution in [-0.2, 0) is 4.79 Å². The van der Waals surface area contributed by atoms with E-state index in [9.17, 15) is 14.7 Å². The normalized spacial score (nSPS) is 24.2. The third-order valence-electron chi connectivity index (χ3n) is 5.20. The molecule has 1 N–H and O–H groups in total. The van der Waals surface area contributed by atoms with Crippen LogP contribution in [0.25, 0.3) is 0 Å². The SMILES string of the molecule is CC(C)c1cc(C=O)c([C@H]2CCCC(C)(C)[C@@H]2C=O)cc1O. The van der Waals surface area contributed by atoms with Crippen LogP contribution < -0.4 is 0 Å². The summed E-state index contributed by atoms with van der Waals surface area (Å²) in [5.74, 6) is 0.263. The van der Waals surface area contributed by atoms with Crippen LogP contribution >= 0.6 is 0 Å². The molecule has 0 aromatic heterocycles. The first kappa shape index (κ1) is 16.7. The molecular formula is C19H26O3. The molecule has 1 aromatic carbocycles. The smallest absolute Gasteiger partial charge is 0.150 e. The van der Waals surface area contributed by atoms with E-state index >= 15 is 0 Å². The maximum atomic E-state index is 11.7. The monoisotopic (exact) mass is 302 g/mol. The molecule has 0 spiro atoms. The van der Waals surface area contributed by atoms with Gasteiger partial charge in [-0.3, -0.25) is 4.79 Å². The molecule has 1 aliphatic rings. The molecule has 1 aliphatic carbocycles. The highest BCUT2D eigenvalue weighted by Gasteiger charge is 2.40. The average molecular weight is 302 g/mol. The lowest BCUT2D eigenvalue weighted by Crippen LogP contribution is -2.35. The standard InChI is InChI=1S/C19H26O3/c1-12(2)15-8-13(10-20)16(9-18(15)22)14-6-5-7-19(3,4)17(14)11-21/h8-12,14,17,22H,5-7H2,1-4H3/t14-,17-/m1/s1. The number of hydrogen-bond donors (Lipinski definition) is 1. The Morgan fingerprint density at radius 1 is 1.27 bits per heavy atom. The molecule has 0 unspecified atom stereocenters. The largest absolute Gasteiger partial charge is 0.508 e. The van der Waals surface area contributed by atoms with Crippen molar-refractivity contribution in [3.05, 3.63) is 28.8 Å². The van der Waals surface area contributed by atoms with Gasteiger partial charge in [0, 0.05) is 11.5 Å². The Kier molecular flexibility index (Phi) is 4.74. The van der Waals surface area contributed by atoms with Crippen LogP contribution in [0.4, 0.5) is 0 Å². The van der Waals surface area contributed by atoms with Gasteiger partial charge in [0.2, 0.25) is 0 Å². The van der Waals surface area contributed by atoms with E-state index in [-0.39, 0.29) is 28.9 Å². The molecule has 0 bridgehead atoms. The summed E-state index contributed by atoms with van der Waals surface area (Å²) in [6.45, 7) is 8.20. The van der Waals surface area contributed by atoms with Gasteiger partial charge in [0.15, 0.2) is 0 Å². The lowest BCUT2D eigenvalue weighted by atomic mass is 9.62. The quantitative estimate of drug-likeness (QED) is 0.837. The zero-order valence-corrected chi connectivity index (χ0v) is 13.9. The second-order valence-electron chi connectivity index (χ2n) is 7.46. The van der Waals surface area contributed by atoms with Crippen LogP contribution in [0.1, 0.15) is 80.3 Å². The first-order valence-corrected chi connectivity index (χ1v) is 8.09. The Hall–Kier alpha value is -1.64. The molecule has 1 fully saturated rings. The molecule has 22 heavy (non-hydrogen) atoms. The topological polar surface area (TPSA) is 54.4 Å². The first-order valence-electron chi connectivity index (χ1n) is 8.09. The van der Waals surface area contributed by atoms with Crippen molar-refractivity contribution >= 4 is 12.6 Å². The Labute approximate surface area is 132 Å². The molecule has 0 amide bonds. The van der Waals surface area contributed by atoms with Crippen LogP contribution in [-0.4, -0.2) is 17.7 Å². The summed E-state index contributed by atoms with van der Waals surface area (Å²) in [6.07, 6.45) is 4.82. The van der Waals surface area contributed by atoms with Gasteiger partial charge in [-0.2, -0.15) is 0 Å². The molecule has 2 atom stereocenters. The molecule has 0 saturated heterocycles. The lowest BCUT2D eigenvalue weighted by Gasteiger charge is -2.41. The zero-order chi connectivity index (χ0) is 16.5. The lowest BCUT2D eigenvalue weighted by molar-refractivity contribution is -0.116. The number of aromatic hydroxyl groups is 1. The van der Waals surface area contributed by atoms with E-state index in [4.69, 9.17) is 0 Å². The second-order valence-corrected chi connectivity index (χ2v) is 7.46. The highest BCUT2D eigenvalue weighted by atomic mass is 16.3. The van der Waals surface area contributed by atoms with Crippen molar-refractivity contribution < 1.29 is 14.7 Å². The Morgan fingerprint density at radius 2 is 1.95 bits per heavy atom. The van der Waals surface area contributed by atoms with Crippen LogP contribution in [0.5, 0.6) is 5.75 Å². The van der Waals surface area contributed by atoms with E-state index in [1.165, 1.54) is 0 Å². The predicted octanol–water partition coefficient (Wildman–Crippen LogP) is 4.44. The van der Waals surface area contributed by atoms with Crippen molar-refractivity contribution in [3.63, 3.8) is 0 Å². The van der Waals surface area contributed by atoms with E-state index in [0.29, 0.717) is 5.56 Å². The number of carbonyl (C=O) groups is 2. The van der Waals surface area contributed by atoms with Gasteiger partial charge in [-0.05, 0) is 53.4 Å². The molecule has 1 saturated carbocycles. The molecule has 1 aromatic rings. The molecule has 0 aliphatic heterocycles. The summed E-state index contributed by atoms with van der Waals surface area (Å²) in [5.41, 5.74) is 2.14. The molecular weight excluding hydrogens is 276 g/mol. The van der Waals surface area contributed by atoms with Crippen LogP contribution in [0.3, 0.4) is 0 Å². The number of aldehydes is 2. The number of phenolic OH excluding ortho intramolecular Hbond substituents is 1. The summed E-state index contributed by atoms with van der Waals surface area (Å²) in [4.78, 5) is 23.2. The van der Waals surface area contributed by atoms with Gasteiger partial charge in [0.1, 0.15) is 18.3 Å². The Balaban J connectivity index is 2.53. The second kappa shape index (κ2) is 6.23. The molecule has 120 valence electrons. The van der Waals surface area contributed by atoms with Crippen molar-refractivity contribution in [1.82, 2.24) is 0 Å². The van der Waals surface area contributed by atoms with E-state index in [1.807, 2.05) is 13.8 Å². The minimum atomic E-state index is -0.121. The van der Waals surface area contributed by atoms with Crippen molar-refractivity contribution in [1.29, 1.82) is 0 Å². The summed E-state index contributed by atoms with van der Waals surface area (Å²) >= 11 is 0. The fourth-order valence-corrected chi connectivity index (χ4v) is 3.82. The van der Waals surface area contributed by atoms with Gasteiger partial charge >= 0.3 is 0 Å². The van der Waals surface area contributed by atoms with Crippen molar-refractivity contribution in [2.24, 2.45) is 11.3 Å². The third kappa shape index (κ3) is 2.94. The van der Waals surface area contributed by atoms with Gasteiger partial charge in [-0.25, -0.2) is 0 Å². The molecule has 2 rings (SSSR count). The summed E-state index contributed by atoms with van der Waals surface area (Å²) in [7, 11) is 0. The van der Waals surface area contributed by atoms with Gasteiger partial charge in [0.05, 0.1) is 0 Å². The predicted molar refractivity (Wildman–Crippen MR) is 87.5 cm³/mol. The van der Waals surface area contributed by atoms with Crippen molar-refractivity contribution in [2.45, 2.75) is 58.8 Å². The Bertz CT molecular complexity index is 572. The van der Waals surface area contributed by atoms with E-state index in [1.54, 1.807) is 12.1 Å². The van der Waals surface area contributed by atoms with Gasteiger partial charge in [-0.1, -0.05) is 34.1 Å². The number of rotatable bonds is 4. The maximum absolute atomic E-state index is 11.7. The number of carbonyl (C=O) groups excluding carboxylic acids is 2. The van der Waals surface area contributed by atoms with Crippen molar-refractivity contribution in [3.8, 4) is 5.75 Å². The average Bonchev–Trinajstić information content (AvgIpc) is 2.45.